The highest BCUT2D eigenvalue weighted by atomic mass is 16.1. The third-order valence-corrected chi connectivity index (χ3v) is 3.97. The van der Waals surface area contributed by atoms with E-state index in [4.69, 9.17) is 0 Å². The fraction of sp³-hybridized carbons (Fsp3) is 0.933. The molecule has 18 heavy (non-hydrogen) atoms. The van der Waals surface area contributed by atoms with Crippen LogP contribution in [0.25, 0.3) is 0 Å². The molecule has 0 aromatic carbocycles. The van der Waals surface area contributed by atoms with Crippen LogP contribution in [0.4, 0.5) is 0 Å². The second kappa shape index (κ2) is 6.67. The van der Waals surface area contributed by atoms with E-state index in [9.17, 15) is 4.79 Å². The lowest BCUT2D eigenvalue weighted by molar-refractivity contribution is -0.126. The Bertz CT molecular complexity index is 262. The third-order valence-electron chi connectivity index (χ3n) is 3.97. The summed E-state index contributed by atoms with van der Waals surface area (Å²) in [6.45, 7) is 10.5. The lowest BCUT2D eigenvalue weighted by Crippen LogP contribution is -2.36. The first-order valence-corrected chi connectivity index (χ1v) is 7.19. The molecule has 0 bridgehead atoms. The molecule has 0 aromatic rings. The van der Waals surface area contributed by atoms with Crippen LogP contribution >= 0.6 is 0 Å². The maximum atomic E-state index is 11.9. The maximum absolute atomic E-state index is 11.9. The molecule has 1 rings (SSSR count). The Labute approximate surface area is 113 Å². The van der Waals surface area contributed by atoms with Gasteiger partial charge in [-0.15, -0.1) is 0 Å². The molecule has 3 nitrogen and oxygen atoms in total. The van der Waals surface area contributed by atoms with Gasteiger partial charge in [-0.25, -0.2) is 0 Å². The Morgan fingerprint density at radius 1 is 1.28 bits per heavy atom. The summed E-state index contributed by atoms with van der Waals surface area (Å²) in [5, 5.41) is 0. The molecule has 0 N–H and O–H groups in total. The zero-order chi connectivity index (χ0) is 13.8. The summed E-state index contributed by atoms with van der Waals surface area (Å²) in [5.41, 5.74) is -0.186. The molecule has 0 spiro atoms. The Morgan fingerprint density at radius 2 is 1.83 bits per heavy atom. The lowest BCUT2D eigenvalue weighted by Gasteiger charge is -2.31. The first-order chi connectivity index (χ1) is 8.29. The van der Waals surface area contributed by atoms with Gasteiger partial charge in [-0.05, 0) is 45.9 Å². The molecule has 0 aliphatic carbocycles. The standard InChI is InChI=1S/C15H30N2O/c1-15(2,3)14(18)8-11-17(5)12-13-6-9-16(4)10-7-13/h13H,6-12H2,1-5H3. The Balaban J connectivity index is 2.21. The van der Waals surface area contributed by atoms with Crippen LogP contribution in [0, 0.1) is 11.3 Å². The van der Waals surface area contributed by atoms with E-state index in [-0.39, 0.29) is 5.41 Å². The van der Waals surface area contributed by atoms with Gasteiger partial charge >= 0.3 is 0 Å². The quantitative estimate of drug-likeness (QED) is 0.752. The average molecular weight is 254 g/mol. The van der Waals surface area contributed by atoms with Gasteiger partial charge in [0.05, 0.1) is 0 Å². The summed E-state index contributed by atoms with van der Waals surface area (Å²) in [7, 11) is 4.34. The highest BCUT2D eigenvalue weighted by Gasteiger charge is 2.22. The topological polar surface area (TPSA) is 23.6 Å². The predicted octanol–water partition coefficient (Wildman–Crippen LogP) is 2.27. The van der Waals surface area contributed by atoms with Crippen molar-refractivity contribution in [3.63, 3.8) is 0 Å². The molecule has 0 saturated carbocycles. The van der Waals surface area contributed by atoms with E-state index in [1.54, 1.807) is 0 Å². The van der Waals surface area contributed by atoms with E-state index in [2.05, 4.69) is 23.9 Å². The van der Waals surface area contributed by atoms with E-state index in [1.807, 2.05) is 20.8 Å². The average Bonchev–Trinajstić information content (AvgIpc) is 2.28. The van der Waals surface area contributed by atoms with Gasteiger partial charge in [-0.1, -0.05) is 20.8 Å². The number of ketones is 1. The number of nitrogens with zero attached hydrogens (tertiary/aromatic N) is 2. The maximum Gasteiger partial charge on any atom is 0.139 e. The number of rotatable bonds is 5. The van der Waals surface area contributed by atoms with Crippen molar-refractivity contribution in [3.05, 3.63) is 0 Å². The molecule has 1 heterocycles. The minimum Gasteiger partial charge on any atom is -0.306 e. The van der Waals surface area contributed by atoms with Gasteiger partial charge < -0.3 is 9.80 Å². The first-order valence-electron chi connectivity index (χ1n) is 7.19. The summed E-state index contributed by atoms with van der Waals surface area (Å²) in [6.07, 6.45) is 3.29. The van der Waals surface area contributed by atoms with Crippen molar-refractivity contribution in [2.45, 2.75) is 40.0 Å². The van der Waals surface area contributed by atoms with Gasteiger partial charge in [-0.3, -0.25) is 4.79 Å². The normalized spacial score (nSPS) is 19.4. The molecule has 1 saturated heterocycles. The van der Waals surface area contributed by atoms with E-state index in [0.29, 0.717) is 12.2 Å². The van der Waals surface area contributed by atoms with Crippen molar-refractivity contribution in [3.8, 4) is 0 Å². The van der Waals surface area contributed by atoms with Crippen molar-refractivity contribution < 1.29 is 4.79 Å². The minimum absolute atomic E-state index is 0.186. The Hall–Kier alpha value is -0.410. The largest absolute Gasteiger partial charge is 0.306 e. The second-order valence-electron chi connectivity index (χ2n) is 6.93. The molecule has 0 radical (unpaired) electrons. The first kappa shape index (κ1) is 15.6. The van der Waals surface area contributed by atoms with Crippen molar-refractivity contribution in [2.24, 2.45) is 11.3 Å². The number of carbonyl (C=O) groups excluding carboxylic acids is 1. The van der Waals surface area contributed by atoms with Crippen molar-refractivity contribution in [1.29, 1.82) is 0 Å². The third kappa shape index (κ3) is 5.49. The predicted molar refractivity (Wildman–Crippen MR) is 76.8 cm³/mol. The summed E-state index contributed by atoms with van der Waals surface area (Å²) in [4.78, 5) is 16.6. The summed E-state index contributed by atoms with van der Waals surface area (Å²) in [5.74, 6) is 1.19. The molecule has 106 valence electrons. The number of piperidine rings is 1. The summed E-state index contributed by atoms with van der Waals surface area (Å²) in [6, 6.07) is 0. The van der Waals surface area contributed by atoms with E-state index in [0.717, 1.165) is 19.0 Å². The van der Waals surface area contributed by atoms with E-state index < -0.39 is 0 Å². The number of carbonyl (C=O) groups is 1. The molecule has 3 heteroatoms. The van der Waals surface area contributed by atoms with Crippen LogP contribution in [-0.4, -0.2) is 55.9 Å². The molecule has 1 fully saturated rings. The van der Waals surface area contributed by atoms with Gasteiger partial charge in [0.25, 0.3) is 0 Å². The van der Waals surface area contributed by atoms with E-state index >= 15 is 0 Å². The van der Waals surface area contributed by atoms with Crippen LogP contribution in [0.5, 0.6) is 0 Å². The highest BCUT2D eigenvalue weighted by Crippen LogP contribution is 2.19. The Morgan fingerprint density at radius 3 is 2.33 bits per heavy atom. The smallest absolute Gasteiger partial charge is 0.139 e. The summed E-state index contributed by atoms with van der Waals surface area (Å²) < 4.78 is 0. The fourth-order valence-corrected chi connectivity index (χ4v) is 2.44. The van der Waals surface area contributed by atoms with Crippen molar-refractivity contribution in [2.75, 3.05) is 40.3 Å². The Kier molecular flexibility index (Phi) is 5.80. The van der Waals surface area contributed by atoms with Gasteiger partial charge in [0, 0.05) is 24.9 Å². The molecule has 0 amide bonds. The van der Waals surface area contributed by atoms with Crippen molar-refractivity contribution >= 4 is 5.78 Å². The van der Waals surface area contributed by atoms with Crippen LogP contribution in [0.1, 0.15) is 40.0 Å². The molecule has 0 atom stereocenters. The molecular weight excluding hydrogens is 224 g/mol. The van der Waals surface area contributed by atoms with Crippen LogP contribution < -0.4 is 0 Å². The number of Topliss-reactive ketones (excluding diaryl/α,β-unsaturated/α-hetero) is 1. The van der Waals surface area contributed by atoms with Crippen LogP contribution in [0.15, 0.2) is 0 Å². The molecule has 0 aromatic heterocycles. The molecule has 1 aliphatic heterocycles. The van der Waals surface area contributed by atoms with Gasteiger partial charge in [-0.2, -0.15) is 0 Å². The minimum atomic E-state index is -0.186. The van der Waals surface area contributed by atoms with Crippen LogP contribution in [-0.2, 0) is 4.79 Å². The highest BCUT2D eigenvalue weighted by molar-refractivity contribution is 5.83. The van der Waals surface area contributed by atoms with E-state index in [1.165, 1.54) is 25.9 Å². The molecular formula is C15H30N2O. The second-order valence-corrected chi connectivity index (χ2v) is 6.93. The molecule has 0 unspecified atom stereocenters. The number of hydrogen-bond donors (Lipinski definition) is 0. The SMILES string of the molecule is CN1CCC(CN(C)CCC(=O)C(C)(C)C)CC1. The summed E-state index contributed by atoms with van der Waals surface area (Å²) >= 11 is 0. The van der Waals surface area contributed by atoms with Gasteiger partial charge in [0.15, 0.2) is 0 Å². The van der Waals surface area contributed by atoms with Gasteiger partial charge in [0.1, 0.15) is 5.78 Å². The van der Waals surface area contributed by atoms with Crippen molar-refractivity contribution in [1.82, 2.24) is 9.80 Å². The number of hydrogen-bond acceptors (Lipinski definition) is 3. The van der Waals surface area contributed by atoms with Crippen LogP contribution in [0.3, 0.4) is 0 Å². The lowest BCUT2D eigenvalue weighted by atomic mass is 9.89. The molecule has 1 aliphatic rings. The number of likely N-dealkylation sites (tertiary alicyclic amines) is 1. The van der Waals surface area contributed by atoms with Gasteiger partial charge in [0.2, 0.25) is 0 Å². The zero-order valence-electron chi connectivity index (χ0n) is 12.8. The fourth-order valence-electron chi connectivity index (χ4n) is 2.44. The monoisotopic (exact) mass is 254 g/mol. The zero-order valence-corrected chi connectivity index (χ0v) is 12.8. The van der Waals surface area contributed by atoms with Crippen LogP contribution in [0.2, 0.25) is 0 Å².